The molecule has 2 fully saturated rings. The maximum Gasteiger partial charge on any atom is 0.0817 e. The van der Waals surface area contributed by atoms with Crippen LogP contribution in [0.5, 0.6) is 0 Å². The smallest absolute Gasteiger partial charge is 0.0817 e. The van der Waals surface area contributed by atoms with Gasteiger partial charge in [-0.3, -0.25) is 0 Å². The van der Waals surface area contributed by atoms with E-state index in [0.29, 0.717) is 0 Å². The van der Waals surface area contributed by atoms with Crippen LogP contribution in [-0.4, -0.2) is 31.2 Å². The van der Waals surface area contributed by atoms with Crippen molar-refractivity contribution in [1.82, 2.24) is 0 Å². The first-order chi connectivity index (χ1) is 3.79. The molecule has 0 atom stereocenters. The molecule has 2 rings (SSSR count). The third-order valence-corrected chi connectivity index (χ3v) is 2.85. The molecule has 0 aliphatic carbocycles. The van der Waals surface area contributed by atoms with Gasteiger partial charge in [0.2, 0.25) is 0 Å². The van der Waals surface area contributed by atoms with Crippen LogP contribution < -0.4 is 24.0 Å². The van der Waals surface area contributed by atoms with E-state index in [-0.39, 0.29) is 24.0 Å². The van der Waals surface area contributed by atoms with E-state index in [2.05, 4.69) is 7.05 Å². The summed E-state index contributed by atoms with van der Waals surface area (Å²) in [5.74, 6) is 1.11. The molecule has 2 bridgehead atoms. The minimum Gasteiger partial charge on any atom is -1.00 e. The molecular weight excluding hydrogens is 225 g/mol. The Bertz CT molecular complexity index is 105. The monoisotopic (exact) mass is 239 g/mol. The highest BCUT2D eigenvalue weighted by molar-refractivity contribution is 4.72. The predicted octanol–water partition coefficient (Wildman–Crippen LogP) is -2.14. The molecule has 0 spiro atoms. The zero-order chi connectivity index (χ0) is 5.61. The van der Waals surface area contributed by atoms with Crippen molar-refractivity contribution in [2.24, 2.45) is 5.92 Å². The number of piperidine rings is 1. The molecule has 1 nitrogen and oxygen atoms in total. The Kier molecular flexibility index (Phi) is 2.06. The van der Waals surface area contributed by atoms with Crippen LogP contribution in [0.3, 0.4) is 0 Å². The van der Waals surface area contributed by atoms with Gasteiger partial charge in [-0.1, -0.05) is 0 Å². The van der Waals surface area contributed by atoms with Gasteiger partial charge in [-0.15, -0.1) is 0 Å². The molecule has 9 heavy (non-hydrogen) atoms. The highest BCUT2D eigenvalue weighted by Gasteiger charge is 2.40. The lowest BCUT2D eigenvalue weighted by Gasteiger charge is -2.25. The third-order valence-electron chi connectivity index (χ3n) is 2.85. The van der Waals surface area contributed by atoms with Crippen molar-refractivity contribution in [3.8, 4) is 0 Å². The van der Waals surface area contributed by atoms with E-state index >= 15 is 0 Å². The van der Waals surface area contributed by atoms with Crippen LogP contribution in [0.15, 0.2) is 0 Å². The van der Waals surface area contributed by atoms with E-state index < -0.39 is 0 Å². The molecule has 0 aromatic rings. The lowest BCUT2D eigenvalue weighted by molar-refractivity contribution is -0.889. The second-order valence-electron chi connectivity index (χ2n) is 3.69. The van der Waals surface area contributed by atoms with Gasteiger partial charge in [0.1, 0.15) is 0 Å². The highest BCUT2D eigenvalue weighted by atomic mass is 127. The molecule has 0 aromatic carbocycles. The van der Waals surface area contributed by atoms with Gasteiger partial charge in [0, 0.05) is 18.8 Å². The fraction of sp³-hybridized carbons (Fsp3) is 1.00. The van der Waals surface area contributed by atoms with Gasteiger partial charge in [-0.05, 0) is 0 Å². The van der Waals surface area contributed by atoms with Crippen molar-refractivity contribution in [2.45, 2.75) is 12.8 Å². The van der Waals surface area contributed by atoms with Crippen LogP contribution in [0.4, 0.5) is 0 Å². The van der Waals surface area contributed by atoms with E-state index in [9.17, 15) is 0 Å². The first-order valence-electron chi connectivity index (χ1n) is 3.62. The molecule has 0 amide bonds. The molecule has 2 aliphatic rings. The Morgan fingerprint density at radius 2 is 1.78 bits per heavy atom. The normalized spacial score (nSPS) is 47.0. The van der Waals surface area contributed by atoms with Crippen molar-refractivity contribution < 1.29 is 28.5 Å². The standard InChI is InChI=1S/C7H14N.HI/c1-8-4-2-7(6-8)3-5-8;/h7H,2-6H2,1H3;1H/q+1;/p-1. The number of quaternary nitrogens is 1. The summed E-state index contributed by atoms with van der Waals surface area (Å²) in [5.41, 5.74) is 0. The molecule has 0 unspecified atom stereocenters. The van der Waals surface area contributed by atoms with Gasteiger partial charge in [0.25, 0.3) is 0 Å². The van der Waals surface area contributed by atoms with Crippen LogP contribution >= 0.6 is 0 Å². The van der Waals surface area contributed by atoms with Gasteiger partial charge in [0.15, 0.2) is 0 Å². The Balaban J connectivity index is 0.000000405. The topological polar surface area (TPSA) is 0 Å². The Labute approximate surface area is 74.0 Å². The van der Waals surface area contributed by atoms with Gasteiger partial charge in [-0.2, -0.15) is 0 Å². The second kappa shape index (κ2) is 2.38. The highest BCUT2D eigenvalue weighted by Crippen LogP contribution is 2.32. The second-order valence-corrected chi connectivity index (χ2v) is 3.69. The molecule has 2 heterocycles. The van der Waals surface area contributed by atoms with E-state index in [1.54, 1.807) is 0 Å². The molecule has 0 N–H and O–H groups in total. The SMILES string of the molecule is C[N+]12CCC(CC1)C2.[I-]. The molecular formula is C7H14IN. The minimum atomic E-state index is 0. The van der Waals surface area contributed by atoms with Crippen LogP contribution in [0.1, 0.15) is 12.8 Å². The van der Waals surface area contributed by atoms with Gasteiger partial charge < -0.3 is 28.5 Å². The average molecular weight is 239 g/mol. The van der Waals surface area contributed by atoms with E-state index in [0.717, 1.165) is 5.92 Å². The van der Waals surface area contributed by atoms with Gasteiger partial charge in [-0.25, -0.2) is 0 Å². The minimum absolute atomic E-state index is 0. The number of hydrogen-bond donors (Lipinski definition) is 0. The Morgan fingerprint density at radius 3 is 1.89 bits per heavy atom. The third kappa shape index (κ3) is 1.24. The molecule has 0 aromatic heterocycles. The summed E-state index contributed by atoms with van der Waals surface area (Å²) in [4.78, 5) is 0. The summed E-state index contributed by atoms with van der Waals surface area (Å²) in [7, 11) is 2.40. The molecule has 2 heteroatoms. The first-order valence-corrected chi connectivity index (χ1v) is 3.62. The molecule has 2 aliphatic heterocycles. The quantitative estimate of drug-likeness (QED) is 0.334. The molecule has 54 valence electrons. The summed E-state index contributed by atoms with van der Waals surface area (Å²) < 4.78 is 1.39. The zero-order valence-electron chi connectivity index (χ0n) is 5.94. The molecule has 2 saturated heterocycles. The van der Waals surface area contributed by atoms with Crippen LogP contribution in [0.25, 0.3) is 0 Å². The average Bonchev–Trinajstić information content (AvgIpc) is 2.21. The van der Waals surface area contributed by atoms with Crippen LogP contribution in [0.2, 0.25) is 0 Å². The van der Waals surface area contributed by atoms with Gasteiger partial charge >= 0.3 is 0 Å². The fourth-order valence-electron chi connectivity index (χ4n) is 2.23. The van der Waals surface area contributed by atoms with E-state index in [1.807, 2.05) is 0 Å². The summed E-state index contributed by atoms with van der Waals surface area (Å²) >= 11 is 0. The molecule has 0 radical (unpaired) electrons. The van der Waals surface area contributed by atoms with Crippen molar-refractivity contribution in [2.75, 3.05) is 26.7 Å². The van der Waals surface area contributed by atoms with Crippen LogP contribution in [-0.2, 0) is 0 Å². The number of nitrogens with zero attached hydrogens (tertiary/aromatic N) is 1. The zero-order valence-corrected chi connectivity index (χ0v) is 8.10. The number of rotatable bonds is 0. The predicted molar refractivity (Wildman–Crippen MR) is 33.5 cm³/mol. The maximum atomic E-state index is 2.40. The Morgan fingerprint density at radius 1 is 1.22 bits per heavy atom. The fourth-order valence-corrected chi connectivity index (χ4v) is 2.23. The van der Waals surface area contributed by atoms with Crippen molar-refractivity contribution >= 4 is 0 Å². The summed E-state index contributed by atoms with van der Waals surface area (Å²) in [6, 6.07) is 0. The summed E-state index contributed by atoms with van der Waals surface area (Å²) in [6.07, 6.45) is 3.02. The number of fused-ring (bicyclic) bond motifs is 2. The van der Waals surface area contributed by atoms with Crippen LogP contribution in [0, 0.1) is 5.92 Å². The molecule has 0 saturated carbocycles. The van der Waals surface area contributed by atoms with Gasteiger partial charge in [0.05, 0.1) is 26.7 Å². The van der Waals surface area contributed by atoms with Crippen molar-refractivity contribution in [3.05, 3.63) is 0 Å². The van der Waals surface area contributed by atoms with Crippen molar-refractivity contribution in [3.63, 3.8) is 0 Å². The lowest BCUT2D eigenvalue weighted by atomic mass is 10.1. The first kappa shape index (κ1) is 7.79. The van der Waals surface area contributed by atoms with E-state index in [1.165, 1.54) is 37.0 Å². The van der Waals surface area contributed by atoms with E-state index in [4.69, 9.17) is 0 Å². The number of halogens is 1. The largest absolute Gasteiger partial charge is 1.00 e. The lowest BCUT2D eigenvalue weighted by Crippen LogP contribution is -3.00. The summed E-state index contributed by atoms with van der Waals surface area (Å²) in [5, 5.41) is 0. The summed E-state index contributed by atoms with van der Waals surface area (Å²) in [6.45, 7) is 4.41. The number of hydrogen-bond acceptors (Lipinski definition) is 0. The maximum absolute atomic E-state index is 2.40. The van der Waals surface area contributed by atoms with Crippen molar-refractivity contribution in [1.29, 1.82) is 0 Å². The Hall–Kier alpha value is 0.690.